The summed E-state index contributed by atoms with van der Waals surface area (Å²) in [4.78, 5) is 20.5. The number of nitrogens with zero attached hydrogens (tertiary/aromatic N) is 2. The Bertz CT molecular complexity index is 869. The third kappa shape index (κ3) is 4.77. The summed E-state index contributed by atoms with van der Waals surface area (Å²) in [6.45, 7) is 2.56. The standard InChI is InChI=1S/C20H21N3O3/c1-2-3-4-5-12-25-14-18(24)22-16-9-6-8-15(13-16)20-23-19-17(26-20)10-7-11-21-19/h4-11,13H,2-3,12,14H2,1H3,(H,22,24)/b5-4+. The van der Waals surface area contributed by atoms with Gasteiger partial charge < -0.3 is 14.5 Å². The molecule has 0 saturated carbocycles. The van der Waals surface area contributed by atoms with Crippen LogP contribution < -0.4 is 5.32 Å². The van der Waals surface area contributed by atoms with Crippen LogP contribution in [0.3, 0.4) is 0 Å². The molecule has 0 fully saturated rings. The Morgan fingerprint density at radius 1 is 1.27 bits per heavy atom. The molecule has 1 amide bonds. The lowest BCUT2D eigenvalue weighted by atomic mass is 10.2. The van der Waals surface area contributed by atoms with Gasteiger partial charge in [0.05, 0.1) is 6.61 Å². The van der Waals surface area contributed by atoms with E-state index in [-0.39, 0.29) is 12.5 Å². The van der Waals surface area contributed by atoms with Crippen molar-refractivity contribution in [3.63, 3.8) is 0 Å². The molecule has 0 aliphatic rings. The third-order valence-electron chi connectivity index (χ3n) is 3.63. The first-order chi connectivity index (χ1) is 12.8. The molecule has 0 spiro atoms. The van der Waals surface area contributed by atoms with Crippen LogP contribution >= 0.6 is 0 Å². The van der Waals surface area contributed by atoms with Crippen LogP contribution in [0.25, 0.3) is 22.7 Å². The molecule has 0 radical (unpaired) electrons. The van der Waals surface area contributed by atoms with Crippen molar-refractivity contribution in [2.24, 2.45) is 0 Å². The van der Waals surface area contributed by atoms with Gasteiger partial charge in [-0.2, -0.15) is 4.98 Å². The fourth-order valence-electron chi connectivity index (χ4n) is 2.39. The number of nitrogens with one attached hydrogen (secondary N) is 1. The lowest BCUT2D eigenvalue weighted by Crippen LogP contribution is -2.18. The Morgan fingerprint density at radius 2 is 2.19 bits per heavy atom. The zero-order chi connectivity index (χ0) is 18.2. The predicted octanol–water partition coefficient (Wildman–Crippen LogP) is 4.20. The summed E-state index contributed by atoms with van der Waals surface area (Å²) < 4.78 is 11.0. The van der Waals surface area contributed by atoms with Gasteiger partial charge in [0.25, 0.3) is 0 Å². The topological polar surface area (TPSA) is 77.2 Å². The van der Waals surface area contributed by atoms with E-state index in [4.69, 9.17) is 9.15 Å². The maximum atomic E-state index is 12.0. The van der Waals surface area contributed by atoms with E-state index < -0.39 is 0 Å². The Hall–Kier alpha value is -2.99. The molecule has 1 N–H and O–H groups in total. The number of pyridine rings is 1. The Labute approximate surface area is 151 Å². The molecule has 6 heteroatoms. The van der Waals surface area contributed by atoms with E-state index in [0.717, 1.165) is 18.4 Å². The second-order valence-electron chi connectivity index (χ2n) is 5.75. The Morgan fingerprint density at radius 3 is 3.04 bits per heavy atom. The normalized spacial score (nSPS) is 11.3. The van der Waals surface area contributed by atoms with Gasteiger partial charge in [-0.25, -0.2) is 4.98 Å². The number of unbranched alkanes of at least 4 members (excludes halogenated alkanes) is 1. The summed E-state index contributed by atoms with van der Waals surface area (Å²) in [5.41, 5.74) is 2.61. The van der Waals surface area contributed by atoms with E-state index in [0.29, 0.717) is 29.4 Å². The van der Waals surface area contributed by atoms with Crippen molar-refractivity contribution in [2.45, 2.75) is 19.8 Å². The molecule has 2 aromatic heterocycles. The number of rotatable bonds is 8. The molecule has 0 saturated heterocycles. The number of hydrogen-bond acceptors (Lipinski definition) is 5. The summed E-state index contributed by atoms with van der Waals surface area (Å²) in [5, 5.41) is 2.81. The van der Waals surface area contributed by atoms with Gasteiger partial charge in [0.1, 0.15) is 6.61 Å². The Balaban J connectivity index is 1.59. The molecule has 26 heavy (non-hydrogen) atoms. The quantitative estimate of drug-likeness (QED) is 0.486. The molecule has 6 nitrogen and oxygen atoms in total. The van der Waals surface area contributed by atoms with Crippen LogP contribution in [0, 0.1) is 0 Å². The van der Waals surface area contributed by atoms with E-state index in [1.807, 2.05) is 36.4 Å². The number of fused-ring (bicyclic) bond motifs is 1. The zero-order valence-corrected chi connectivity index (χ0v) is 14.6. The van der Waals surface area contributed by atoms with Gasteiger partial charge in [0, 0.05) is 17.4 Å². The fourth-order valence-corrected chi connectivity index (χ4v) is 2.39. The second-order valence-corrected chi connectivity index (χ2v) is 5.75. The highest BCUT2D eigenvalue weighted by molar-refractivity contribution is 5.92. The van der Waals surface area contributed by atoms with Crippen LogP contribution in [0.1, 0.15) is 19.8 Å². The van der Waals surface area contributed by atoms with Crippen molar-refractivity contribution in [3.05, 3.63) is 54.7 Å². The summed E-state index contributed by atoms with van der Waals surface area (Å²) in [5.74, 6) is 0.261. The van der Waals surface area contributed by atoms with Gasteiger partial charge in [-0.05, 0) is 36.8 Å². The number of amides is 1. The highest BCUT2D eigenvalue weighted by atomic mass is 16.5. The number of allylic oxidation sites excluding steroid dienone is 1. The van der Waals surface area contributed by atoms with Gasteiger partial charge in [0.15, 0.2) is 11.2 Å². The van der Waals surface area contributed by atoms with Crippen LogP contribution in [-0.2, 0) is 9.53 Å². The first-order valence-electron chi connectivity index (χ1n) is 8.61. The number of hydrogen-bond donors (Lipinski definition) is 1. The lowest BCUT2D eigenvalue weighted by Gasteiger charge is -2.06. The summed E-state index contributed by atoms with van der Waals surface area (Å²) in [7, 11) is 0. The molecular formula is C20H21N3O3. The molecule has 0 bridgehead atoms. The minimum Gasteiger partial charge on any atom is -0.434 e. The molecule has 0 aliphatic heterocycles. The number of ether oxygens (including phenoxy) is 1. The summed E-state index contributed by atoms with van der Waals surface area (Å²) >= 11 is 0. The van der Waals surface area contributed by atoms with Gasteiger partial charge in [-0.3, -0.25) is 4.79 Å². The van der Waals surface area contributed by atoms with Crippen molar-refractivity contribution < 1.29 is 13.9 Å². The smallest absolute Gasteiger partial charge is 0.250 e. The largest absolute Gasteiger partial charge is 0.434 e. The second kappa shape index (κ2) is 8.92. The number of carbonyl (C=O) groups is 1. The van der Waals surface area contributed by atoms with Crippen molar-refractivity contribution in [1.82, 2.24) is 9.97 Å². The molecule has 1 aromatic carbocycles. The van der Waals surface area contributed by atoms with Crippen LogP contribution in [-0.4, -0.2) is 29.1 Å². The maximum absolute atomic E-state index is 12.0. The first-order valence-corrected chi connectivity index (χ1v) is 8.61. The molecule has 0 atom stereocenters. The minimum absolute atomic E-state index is 0.00744. The SMILES string of the molecule is CCC/C=C/COCC(=O)Nc1cccc(-c2nc3ncccc3o2)c1. The van der Waals surface area contributed by atoms with E-state index in [1.165, 1.54) is 0 Å². The monoisotopic (exact) mass is 351 g/mol. The predicted molar refractivity (Wildman–Crippen MR) is 101 cm³/mol. The Kier molecular flexibility index (Phi) is 6.11. The lowest BCUT2D eigenvalue weighted by molar-refractivity contribution is -0.120. The highest BCUT2D eigenvalue weighted by Gasteiger charge is 2.10. The van der Waals surface area contributed by atoms with Gasteiger partial charge in [0.2, 0.25) is 11.8 Å². The van der Waals surface area contributed by atoms with Crippen LogP contribution in [0.5, 0.6) is 0 Å². The maximum Gasteiger partial charge on any atom is 0.250 e. The van der Waals surface area contributed by atoms with Crippen LogP contribution in [0.4, 0.5) is 5.69 Å². The third-order valence-corrected chi connectivity index (χ3v) is 3.63. The minimum atomic E-state index is -0.203. The van der Waals surface area contributed by atoms with E-state index in [2.05, 4.69) is 28.3 Å². The molecule has 3 aromatic rings. The highest BCUT2D eigenvalue weighted by Crippen LogP contribution is 2.25. The number of anilines is 1. The molecule has 0 aliphatic carbocycles. The molecule has 3 rings (SSSR count). The zero-order valence-electron chi connectivity index (χ0n) is 14.6. The fraction of sp³-hybridized carbons (Fsp3) is 0.250. The molecular weight excluding hydrogens is 330 g/mol. The summed E-state index contributed by atoms with van der Waals surface area (Å²) in [6.07, 6.45) is 7.77. The average molecular weight is 351 g/mol. The van der Waals surface area contributed by atoms with Crippen molar-refractivity contribution >= 4 is 22.8 Å². The van der Waals surface area contributed by atoms with Gasteiger partial charge in [-0.1, -0.05) is 31.6 Å². The molecule has 2 heterocycles. The van der Waals surface area contributed by atoms with Crippen LogP contribution in [0.2, 0.25) is 0 Å². The van der Waals surface area contributed by atoms with Crippen LogP contribution in [0.15, 0.2) is 59.2 Å². The molecule has 0 unspecified atom stereocenters. The average Bonchev–Trinajstić information content (AvgIpc) is 3.09. The number of carbonyl (C=O) groups excluding carboxylic acids is 1. The van der Waals surface area contributed by atoms with Gasteiger partial charge >= 0.3 is 0 Å². The first kappa shape index (κ1) is 17.8. The van der Waals surface area contributed by atoms with E-state index in [9.17, 15) is 4.79 Å². The number of benzene rings is 1. The summed E-state index contributed by atoms with van der Waals surface area (Å²) in [6, 6.07) is 10.9. The number of oxazole rings is 1. The number of aromatic nitrogens is 2. The van der Waals surface area contributed by atoms with Crippen molar-refractivity contribution in [2.75, 3.05) is 18.5 Å². The van der Waals surface area contributed by atoms with E-state index >= 15 is 0 Å². The van der Waals surface area contributed by atoms with Crippen molar-refractivity contribution in [1.29, 1.82) is 0 Å². The van der Waals surface area contributed by atoms with Crippen molar-refractivity contribution in [3.8, 4) is 11.5 Å². The van der Waals surface area contributed by atoms with E-state index in [1.54, 1.807) is 12.3 Å². The molecule has 134 valence electrons. The van der Waals surface area contributed by atoms with Gasteiger partial charge in [-0.15, -0.1) is 0 Å².